The minimum Gasteiger partial charge on any atom is -0.303 e. The van der Waals surface area contributed by atoms with Gasteiger partial charge in [0.05, 0.1) is 10.9 Å². The molecule has 1 atom stereocenters. The van der Waals surface area contributed by atoms with Crippen LogP contribution < -0.4 is 5.56 Å². The van der Waals surface area contributed by atoms with Gasteiger partial charge in [-0.3, -0.25) is 9.36 Å². The van der Waals surface area contributed by atoms with Crippen LogP contribution in [0.15, 0.2) is 47.3 Å². The quantitative estimate of drug-likeness (QED) is 0.639. The maximum Gasteiger partial charge on any atom is 0.261 e. The zero-order chi connectivity index (χ0) is 19.7. The summed E-state index contributed by atoms with van der Waals surface area (Å²) < 4.78 is 1.86. The Bertz CT molecular complexity index is 1060. The number of benzene rings is 2. The summed E-state index contributed by atoms with van der Waals surface area (Å²) in [7, 11) is 0. The van der Waals surface area contributed by atoms with E-state index in [-0.39, 0.29) is 5.56 Å². The van der Waals surface area contributed by atoms with E-state index in [1.165, 1.54) is 12.8 Å². The van der Waals surface area contributed by atoms with Gasteiger partial charge in [0, 0.05) is 23.7 Å². The number of aromatic nitrogens is 2. The van der Waals surface area contributed by atoms with Crippen molar-refractivity contribution in [1.82, 2.24) is 14.5 Å². The Kier molecular flexibility index (Phi) is 5.51. The largest absolute Gasteiger partial charge is 0.303 e. The third-order valence-corrected chi connectivity index (χ3v) is 6.15. The van der Waals surface area contributed by atoms with Crippen LogP contribution in [0.3, 0.4) is 0 Å². The molecule has 1 fully saturated rings. The van der Waals surface area contributed by atoms with Gasteiger partial charge >= 0.3 is 0 Å². The van der Waals surface area contributed by atoms with E-state index in [0.29, 0.717) is 16.3 Å². The van der Waals surface area contributed by atoms with Crippen LogP contribution in [0.25, 0.3) is 22.0 Å². The van der Waals surface area contributed by atoms with Crippen molar-refractivity contribution in [2.75, 3.05) is 19.6 Å². The average Bonchev–Trinajstić information content (AvgIpc) is 2.71. The monoisotopic (exact) mass is 395 g/mol. The molecule has 3 aromatic rings. The molecule has 1 aliphatic rings. The molecule has 2 heterocycles. The molecule has 0 radical (unpaired) electrons. The minimum atomic E-state index is 0.0463. The summed E-state index contributed by atoms with van der Waals surface area (Å²) in [5.41, 5.74) is 2.67. The molecule has 4 rings (SSSR count). The Morgan fingerprint density at radius 3 is 2.82 bits per heavy atom. The predicted octanol–water partition coefficient (Wildman–Crippen LogP) is 4.76. The van der Waals surface area contributed by atoms with E-state index >= 15 is 0 Å². The van der Waals surface area contributed by atoms with Crippen molar-refractivity contribution < 1.29 is 0 Å². The molecule has 0 spiro atoms. The summed E-state index contributed by atoms with van der Waals surface area (Å²) in [6.45, 7) is 8.16. The van der Waals surface area contributed by atoms with E-state index < -0.39 is 0 Å². The number of aryl methyl sites for hydroxylation is 1. The van der Waals surface area contributed by atoms with Crippen molar-refractivity contribution in [2.45, 2.75) is 33.2 Å². The maximum atomic E-state index is 13.3. The van der Waals surface area contributed by atoms with Gasteiger partial charge in [-0.15, -0.1) is 0 Å². The van der Waals surface area contributed by atoms with Crippen molar-refractivity contribution in [2.24, 2.45) is 5.92 Å². The van der Waals surface area contributed by atoms with E-state index in [9.17, 15) is 4.79 Å². The molecule has 1 aromatic heterocycles. The second kappa shape index (κ2) is 8.06. The van der Waals surface area contributed by atoms with Gasteiger partial charge in [-0.05, 0) is 62.5 Å². The molecule has 0 amide bonds. The van der Waals surface area contributed by atoms with Gasteiger partial charge < -0.3 is 4.90 Å². The lowest BCUT2D eigenvalue weighted by atomic mass is 9.97. The lowest BCUT2D eigenvalue weighted by Gasteiger charge is -2.32. The molecule has 0 saturated carbocycles. The van der Waals surface area contributed by atoms with Gasteiger partial charge in [0.1, 0.15) is 5.82 Å². The first kappa shape index (κ1) is 19.2. The van der Waals surface area contributed by atoms with Crippen LogP contribution in [-0.2, 0) is 6.54 Å². The van der Waals surface area contributed by atoms with Crippen molar-refractivity contribution in [3.8, 4) is 11.1 Å². The molecule has 28 heavy (non-hydrogen) atoms. The second-order valence-electron chi connectivity index (χ2n) is 7.69. The SMILES string of the molecule is CCN1CCC[C@H](Cn2c(C)nc3ccc(-c4ccccc4Cl)cc3c2=O)C1. The van der Waals surface area contributed by atoms with Crippen LogP contribution in [0, 0.1) is 12.8 Å². The third-order valence-electron chi connectivity index (χ3n) is 5.82. The van der Waals surface area contributed by atoms with E-state index in [1.54, 1.807) is 0 Å². The lowest BCUT2D eigenvalue weighted by molar-refractivity contribution is 0.168. The third kappa shape index (κ3) is 3.71. The topological polar surface area (TPSA) is 38.1 Å². The molecule has 0 unspecified atom stereocenters. The van der Waals surface area contributed by atoms with Crippen molar-refractivity contribution in [3.05, 3.63) is 63.7 Å². The number of piperidine rings is 1. The van der Waals surface area contributed by atoms with Gasteiger partial charge in [-0.1, -0.05) is 42.8 Å². The van der Waals surface area contributed by atoms with Crippen LogP contribution in [-0.4, -0.2) is 34.1 Å². The molecule has 0 bridgehead atoms. The number of nitrogens with zero attached hydrogens (tertiary/aromatic N) is 3. The van der Waals surface area contributed by atoms with Gasteiger partial charge in [0.25, 0.3) is 5.56 Å². The Morgan fingerprint density at radius 2 is 2.04 bits per heavy atom. The molecule has 1 aliphatic heterocycles. The average molecular weight is 396 g/mol. The van der Waals surface area contributed by atoms with Gasteiger partial charge in [0.15, 0.2) is 0 Å². The van der Waals surface area contributed by atoms with E-state index in [1.807, 2.05) is 54.0 Å². The molecule has 4 nitrogen and oxygen atoms in total. The van der Waals surface area contributed by atoms with E-state index in [4.69, 9.17) is 16.6 Å². The van der Waals surface area contributed by atoms with Crippen LogP contribution in [0.5, 0.6) is 0 Å². The highest BCUT2D eigenvalue weighted by atomic mass is 35.5. The number of hydrogen-bond donors (Lipinski definition) is 0. The summed E-state index contributed by atoms with van der Waals surface area (Å²) in [5, 5.41) is 1.34. The van der Waals surface area contributed by atoms with E-state index in [2.05, 4.69) is 11.8 Å². The van der Waals surface area contributed by atoms with Crippen molar-refractivity contribution in [1.29, 1.82) is 0 Å². The summed E-state index contributed by atoms with van der Waals surface area (Å²) in [6.07, 6.45) is 2.37. The number of fused-ring (bicyclic) bond motifs is 1. The smallest absolute Gasteiger partial charge is 0.261 e. The summed E-state index contributed by atoms with van der Waals surface area (Å²) in [6, 6.07) is 13.6. The fraction of sp³-hybridized carbons (Fsp3) is 0.391. The Hall–Kier alpha value is -2.17. The zero-order valence-corrected chi connectivity index (χ0v) is 17.2. The fourth-order valence-electron chi connectivity index (χ4n) is 4.26. The number of hydrogen-bond acceptors (Lipinski definition) is 3. The number of rotatable bonds is 4. The standard InChI is InChI=1S/C23H26ClN3O/c1-3-26-12-6-7-17(14-26)15-27-16(2)25-22-11-10-18(13-20(22)23(27)28)19-8-4-5-9-21(19)24/h4-5,8-11,13,17H,3,6-7,12,14-15H2,1-2H3/t17-/m0/s1. The molecule has 146 valence electrons. The van der Waals surface area contributed by atoms with Crippen LogP contribution >= 0.6 is 11.6 Å². The Balaban J connectivity index is 1.74. The highest BCUT2D eigenvalue weighted by Crippen LogP contribution is 2.29. The summed E-state index contributed by atoms with van der Waals surface area (Å²) in [5.74, 6) is 1.28. The zero-order valence-electron chi connectivity index (χ0n) is 16.5. The molecule has 5 heteroatoms. The first-order valence-corrected chi connectivity index (χ1v) is 10.4. The van der Waals surface area contributed by atoms with Gasteiger partial charge in [0.2, 0.25) is 0 Å². The minimum absolute atomic E-state index is 0.0463. The normalized spacial score (nSPS) is 17.9. The molecule has 0 N–H and O–H groups in total. The van der Waals surface area contributed by atoms with Gasteiger partial charge in [-0.25, -0.2) is 4.98 Å². The van der Waals surface area contributed by atoms with E-state index in [0.717, 1.165) is 48.6 Å². The van der Waals surface area contributed by atoms with Crippen LogP contribution in [0.2, 0.25) is 5.02 Å². The highest BCUT2D eigenvalue weighted by Gasteiger charge is 2.21. The first-order chi connectivity index (χ1) is 13.6. The lowest BCUT2D eigenvalue weighted by Crippen LogP contribution is -2.38. The second-order valence-corrected chi connectivity index (χ2v) is 8.10. The van der Waals surface area contributed by atoms with Crippen LogP contribution in [0.4, 0.5) is 0 Å². The molecule has 1 saturated heterocycles. The Morgan fingerprint density at radius 1 is 1.21 bits per heavy atom. The number of halogens is 1. The van der Waals surface area contributed by atoms with Crippen LogP contribution in [0.1, 0.15) is 25.6 Å². The van der Waals surface area contributed by atoms with Gasteiger partial charge in [-0.2, -0.15) is 0 Å². The van der Waals surface area contributed by atoms with Crippen molar-refractivity contribution in [3.63, 3.8) is 0 Å². The summed E-state index contributed by atoms with van der Waals surface area (Å²) >= 11 is 6.36. The Labute approximate surface area is 170 Å². The number of likely N-dealkylation sites (tertiary alicyclic amines) is 1. The molecular formula is C23H26ClN3O. The predicted molar refractivity (Wildman–Crippen MR) is 116 cm³/mol. The molecule has 2 aromatic carbocycles. The molecule has 0 aliphatic carbocycles. The first-order valence-electron chi connectivity index (χ1n) is 10.0. The summed E-state index contributed by atoms with van der Waals surface area (Å²) in [4.78, 5) is 20.5. The van der Waals surface area contributed by atoms with Crippen molar-refractivity contribution >= 4 is 22.5 Å². The fourth-order valence-corrected chi connectivity index (χ4v) is 4.50. The highest BCUT2D eigenvalue weighted by molar-refractivity contribution is 6.33. The molecular weight excluding hydrogens is 370 g/mol. The maximum absolute atomic E-state index is 13.3.